The Kier molecular flexibility index (Phi) is 5.15. The topological polar surface area (TPSA) is 34.4 Å². The molecule has 0 atom stereocenters. The first-order valence-electron chi connectivity index (χ1n) is 5.15. The van der Waals surface area contributed by atoms with Gasteiger partial charge in [0.05, 0.1) is 12.9 Å². The Morgan fingerprint density at radius 1 is 1.60 bits per heavy atom. The van der Waals surface area contributed by atoms with Crippen molar-refractivity contribution in [3.05, 3.63) is 35.8 Å². The van der Waals surface area contributed by atoms with Gasteiger partial charge in [0.1, 0.15) is 12.4 Å². The average Bonchev–Trinajstić information content (AvgIpc) is 2.61. The lowest BCUT2D eigenvalue weighted by Gasteiger charge is -2.00. The predicted molar refractivity (Wildman–Crippen MR) is 60.6 cm³/mol. The van der Waals surface area contributed by atoms with Gasteiger partial charge in [-0.3, -0.25) is 0 Å². The first-order valence-corrected chi connectivity index (χ1v) is 5.15. The summed E-state index contributed by atoms with van der Waals surface area (Å²) < 4.78 is 10.8. The molecule has 0 aromatic carbocycles. The van der Waals surface area contributed by atoms with Gasteiger partial charge in [-0.2, -0.15) is 0 Å². The highest BCUT2D eigenvalue weighted by molar-refractivity contribution is 5.11. The zero-order valence-electron chi connectivity index (χ0n) is 9.51. The van der Waals surface area contributed by atoms with Crippen LogP contribution in [0.4, 0.5) is 0 Å². The van der Waals surface area contributed by atoms with E-state index in [1.165, 1.54) is 0 Å². The number of ether oxygens (including phenoxy) is 1. The van der Waals surface area contributed by atoms with E-state index < -0.39 is 0 Å². The van der Waals surface area contributed by atoms with Crippen LogP contribution in [0.15, 0.2) is 28.9 Å². The lowest BCUT2D eigenvalue weighted by molar-refractivity contribution is 0.109. The highest BCUT2D eigenvalue weighted by Crippen LogP contribution is 2.09. The molecule has 1 aromatic heterocycles. The number of hydrogen-bond donors (Lipinski definition) is 1. The second-order valence-corrected chi connectivity index (χ2v) is 3.71. The van der Waals surface area contributed by atoms with Crippen LogP contribution in [-0.2, 0) is 17.9 Å². The van der Waals surface area contributed by atoms with E-state index in [-0.39, 0.29) is 0 Å². The Morgan fingerprint density at radius 3 is 3.07 bits per heavy atom. The fourth-order valence-corrected chi connectivity index (χ4v) is 1.22. The quantitative estimate of drug-likeness (QED) is 0.553. The first kappa shape index (κ1) is 12.0. The van der Waals surface area contributed by atoms with Crippen LogP contribution >= 0.6 is 0 Å². The Balaban J connectivity index is 2.22. The van der Waals surface area contributed by atoms with E-state index in [4.69, 9.17) is 9.15 Å². The van der Waals surface area contributed by atoms with Crippen LogP contribution in [0.25, 0.3) is 0 Å². The van der Waals surface area contributed by atoms with E-state index in [9.17, 15) is 0 Å². The summed E-state index contributed by atoms with van der Waals surface area (Å²) in [5.74, 6) is 0.877. The maximum absolute atomic E-state index is 5.45. The van der Waals surface area contributed by atoms with E-state index >= 15 is 0 Å². The second kappa shape index (κ2) is 6.43. The maximum Gasteiger partial charge on any atom is 0.129 e. The van der Waals surface area contributed by atoms with Crippen LogP contribution in [0, 0.1) is 0 Å². The molecule has 1 rings (SSSR count). The summed E-state index contributed by atoms with van der Waals surface area (Å²) in [7, 11) is 1.91. The van der Waals surface area contributed by atoms with Crippen molar-refractivity contribution in [1.82, 2.24) is 5.32 Å². The van der Waals surface area contributed by atoms with Gasteiger partial charge in [-0.15, -0.1) is 6.58 Å². The minimum Gasteiger partial charge on any atom is -0.467 e. The number of hydrogen-bond acceptors (Lipinski definition) is 3. The van der Waals surface area contributed by atoms with E-state index in [1.807, 2.05) is 20.0 Å². The molecule has 3 heteroatoms. The largest absolute Gasteiger partial charge is 0.467 e. The van der Waals surface area contributed by atoms with Crippen LogP contribution in [0.1, 0.15) is 24.7 Å². The molecule has 84 valence electrons. The Morgan fingerprint density at radius 2 is 2.40 bits per heavy atom. The normalized spacial score (nSPS) is 10.5. The monoisotopic (exact) mass is 209 g/mol. The van der Waals surface area contributed by atoms with Crippen molar-refractivity contribution in [2.75, 3.05) is 13.7 Å². The SMILES string of the molecule is C=C(C)CCOCc1cc(CNC)co1. The molecule has 0 amide bonds. The Hall–Kier alpha value is -1.06. The third kappa shape index (κ3) is 4.81. The molecule has 1 heterocycles. The first-order chi connectivity index (χ1) is 7.22. The Labute approximate surface area is 91.1 Å². The van der Waals surface area contributed by atoms with E-state index in [2.05, 4.69) is 11.9 Å². The summed E-state index contributed by atoms with van der Waals surface area (Å²) >= 11 is 0. The molecule has 0 radical (unpaired) electrons. The van der Waals surface area contributed by atoms with Gasteiger partial charge in [0.25, 0.3) is 0 Å². The van der Waals surface area contributed by atoms with Crippen LogP contribution in [0.2, 0.25) is 0 Å². The molecule has 0 saturated carbocycles. The second-order valence-electron chi connectivity index (χ2n) is 3.71. The van der Waals surface area contributed by atoms with Gasteiger partial charge in [0.15, 0.2) is 0 Å². The molecule has 0 aliphatic rings. The van der Waals surface area contributed by atoms with Gasteiger partial charge in [-0.1, -0.05) is 5.57 Å². The van der Waals surface area contributed by atoms with Crippen LogP contribution in [-0.4, -0.2) is 13.7 Å². The van der Waals surface area contributed by atoms with Crippen molar-refractivity contribution in [2.24, 2.45) is 0 Å². The number of rotatable bonds is 7. The van der Waals surface area contributed by atoms with Crippen molar-refractivity contribution in [1.29, 1.82) is 0 Å². The fraction of sp³-hybridized carbons (Fsp3) is 0.500. The lowest BCUT2D eigenvalue weighted by Crippen LogP contribution is -2.03. The summed E-state index contributed by atoms with van der Waals surface area (Å²) in [6, 6.07) is 2.01. The summed E-state index contributed by atoms with van der Waals surface area (Å²) in [5, 5.41) is 3.07. The van der Waals surface area contributed by atoms with Crippen molar-refractivity contribution < 1.29 is 9.15 Å². The molecule has 0 aliphatic carbocycles. The number of nitrogens with one attached hydrogen (secondary N) is 1. The van der Waals surface area contributed by atoms with Crippen molar-refractivity contribution in [2.45, 2.75) is 26.5 Å². The molecule has 0 spiro atoms. The molecule has 0 saturated heterocycles. The third-order valence-corrected chi connectivity index (χ3v) is 2.01. The molecular formula is C12H19NO2. The zero-order valence-corrected chi connectivity index (χ0v) is 9.51. The van der Waals surface area contributed by atoms with Gasteiger partial charge in [0, 0.05) is 12.1 Å². The molecule has 0 unspecified atom stereocenters. The fourth-order valence-electron chi connectivity index (χ4n) is 1.22. The molecule has 0 fully saturated rings. The van der Waals surface area contributed by atoms with Crippen LogP contribution < -0.4 is 5.32 Å². The van der Waals surface area contributed by atoms with Crippen molar-refractivity contribution >= 4 is 0 Å². The third-order valence-electron chi connectivity index (χ3n) is 2.01. The molecule has 0 aliphatic heterocycles. The van der Waals surface area contributed by atoms with E-state index in [0.29, 0.717) is 13.2 Å². The minimum absolute atomic E-state index is 0.539. The van der Waals surface area contributed by atoms with E-state index in [0.717, 1.165) is 29.9 Å². The number of furan rings is 1. The molecule has 15 heavy (non-hydrogen) atoms. The lowest BCUT2D eigenvalue weighted by atomic mass is 10.3. The summed E-state index contributed by atoms with van der Waals surface area (Å²) in [5.41, 5.74) is 2.29. The molecule has 1 aromatic rings. The van der Waals surface area contributed by atoms with Gasteiger partial charge in [0.2, 0.25) is 0 Å². The highest BCUT2D eigenvalue weighted by Gasteiger charge is 2.00. The van der Waals surface area contributed by atoms with Crippen molar-refractivity contribution in [3.8, 4) is 0 Å². The van der Waals surface area contributed by atoms with Crippen molar-refractivity contribution in [3.63, 3.8) is 0 Å². The average molecular weight is 209 g/mol. The van der Waals surface area contributed by atoms with E-state index in [1.54, 1.807) is 6.26 Å². The van der Waals surface area contributed by atoms with Gasteiger partial charge >= 0.3 is 0 Å². The standard InChI is InChI=1S/C12H19NO2/c1-10(2)4-5-14-9-12-6-11(7-13-3)8-15-12/h6,8,13H,1,4-5,7,9H2,2-3H3. The van der Waals surface area contributed by atoms with Crippen LogP contribution in [0.5, 0.6) is 0 Å². The Bertz CT molecular complexity index is 304. The van der Waals surface area contributed by atoms with Gasteiger partial charge in [-0.25, -0.2) is 0 Å². The minimum atomic E-state index is 0.539. The summed E-state index contributed by atoms with van der Waals surface area (Å²) in [6.45, 7) is 7.89. The molecule has 3 nitrogen and oxygen atoms in total. The smallest absolute Gasteiger partial charge is 0.129 e. The molecule has 0 bridgehead atoms. The molecular weight excluding hydrogens is 190 g/mol. The maximum atomic E-state index is 5.45. The summed E-state index contributed by atoms with van der Waals surface area (Å²) in [6.07, 6.45) is 2.66. The zero-order chi connectivity index (χ0) is 11.1. The molecule has 1 N–H and O–H groups in total. The predicted octanol–water partition coefficient (Wildman–Crippen LogP) is 2.48. The van der Waals surface area contributed by atoms with Gasteiger partial charge < -0.3 is 14.5 Å². The highest BCUT2D eigenvalue weighted by atomic mass is 16.5. The summed E-state index contributed by atoms with van der Waals surface area (Å²) in [4.78, 5) is 0. The van der Waals surface area contributed by atoms with Gasteiger partial charge in [-0.05, 0) is 26.5 Å². The van der Waals surface area contributed by atoms with Crippen LogP contribution in [0.3, 0.4) is 0 Å².